The van der Waals surface area contributed by atoms with Gasteiger partial charge in [-0.3, -0.25) is 0 Å². The molecule has 15 heavy (non-hydrogen) atoms. The molecule has 1 aromatic heterocycles. The molecule has 5 nitrogen and oxygen atoms in total. The predicted octanol–water partition coefficient (Wildman–Crippen LogP) is 1.36. The van der Waals surface area contributed by atoms with E-state index in [0.29, 0.717) is 11.9 Å². The van der Waals surface area contributed by atoms with Gasteiger partial charge in [0.25, 0.3) is 0 Å². The quantitative estimate of drug-likeness (QED) is 0.513. The summed E-state index contributed by atoms with van der Waals surface area (Å²) in [7, 11) is 0. The number of aromatic nitrogens is 2. The second-order valence-corrected chi connectivity index (χ2v) is 4.06. The predicted molar refractivity (Wildman–Crippen MR) is 60.3 cm³/mol. The molecule has 0 saturated heterocycles. The molecule has 1 fully saturated rings. The van der Waals surface area contributed by atoms with Crippen LogP contribution in [0.1, 0.15) is 26.2 Å². The Hall–Kier alpha value is -1.36. The highest BCUT2D eigenvalue weighted by Gasteiger charge is 2.23. The average Bonchev–Trinajstić information content (AvgIpc) is 2.15. The van der Waals surface area contributed by atoms with E-state index in [1.165, 1.54) is 25.6 Å². The summed E-state index contributed by atoms with van der Waals surface area (Å²) in [5, 5.41) is 3.37. The summed E-state index contributed by atoms with van der Waals surface area (Å²) in [6.07, 6.45) is 5.50. The summed E-state index contributed by atoms with van der Waals surface area (Å²) < 4.78 is 0. The molecule has 5 heteroatoms. The van der Waals surface area contributed by atoms with E-state index in [9.17, 15) is 0 Å². The highest BCUT2D eigenvalue weighted by Crippen LogP contribution is 2.30. The molecule has 82 valence electrons. The Kier molecular flexibility index (Phi) is 3.01. The topological polar surface area (TPSA) is 75.9 Å². The maximum Gasteiger partial charge on any atom is 0.145 e. The lowest BCUT2D eigenvalue weighted by molar-refractivity contribution is 0.285. The number of rotatable bonds is 4. The average molecular weight is 207 g/mol. The molecule has 0 aliphatic heterocycles. The molecule has 0 spiro atoms. The van der Waals surface area contributed by atoms with Gasteiger partial charge in [-0.15, -0.1) is 0 Å². The number of hydrogen-bond acceptors (Lipinski definition) is 5. The minimum absolute atomic E-state index is 0.472. The highest BCUT2D eigenvalue weighted by molar-refractivity contribution is 5.46. The number of anilines is 2. The maximum absolute atomic E-state index is 5.28. The van der Waals surface area contributed by atoms with Crippen LogP contribution in [0.5, 0.6) is 0 Å². The lowest BCUT2D eigenvalue weighted by Gasteiger charge is -2.32. The van der Waals surface area contributed by atoms with Crippen molar-refractivity contribution >= 4 is 11.6 Å². The second-order valence-electron chi connectivity index (χ2n) is 4.06. The van der Waals surface area contributed by atoms with Crippen molar-refractivity contribution in [3.05, 3.63) is 12.4 Å². The number of nitrogen functional groups attached to an aromatic ring is 1. The van der Waals surface area contributed by atoms with E-state index in [0.717, 1.165) is 11.7 Å². The Balaban J connectivity index is 1.96. The van der Waals surface area contributed by atoms with E-state index >= 15 is 0 Å². The number of hydrogen-bond donors (Lipinski definition) is 3. The van der Waals surface area contributed by atoms with Crippen LogP contribution in [0.15, 0.2) is 12.4 Å². The van der Waals surface area contributed by atoms with Gasteiger partial charge in [-0.25, -0.2) is 15.8 Å². The molecule has 0 bridgehead atoms. The SMILES string of the molecule is CC(Nc1cc(NN)ncn1)C1CCC1. The molecule has 1 aliphatic rings. The van der Waals surface area contributed by atoms with Crippen LogP contribution in [0.4, 0.5) is 11.6 Å². The Morgan fingerprint density at radius 1 is 1.40 bits per heavy atom. The van der Waals surface area contributed by atoms with E-state index in [1.54, 1.807) is 0 Å². The van der Waals surface area contributed by atoms with Crippen molar-refractivity contribution in [2.24, 2.45) is 11.8 Å². The fraction of sp³-hybridized carbons (Fsp3) is 0.600. The molecular formula is C10H17N5. The number of nitrogens with zero attached hydrogens (tertiary/aromatic N) is 2. The lowest BCUT2D eigenvalue weighted by atomic mass is 9.80. The fourth-order valence-electron chi connectivity index (χ4n) is 1.81. The van der Waals surface area contributed by atoms with Crippen LogP contribution >= 0.6 is 0 Å². The van der Waals surface area contributed by atoms with E-state index in [4.69, 9.17) is 5.84 Å². The Labute approximate surface area is 89.5 Å². The highest BCUT2D eigenvalue weighted by atomic mass is 15.3. The maximum atomic E-state index is 5.28. The van der Waals surface area contributed by atoms with Crippen molar-refractivity contribution < 1.29 is 0 Å². The summed E-state index contributed by atoms with van der Waals surface area (Å²) in [4.78, 5) is 8.11. The number of hydrazine groups is 1. The van der Waals surface area contributed by atoms with Crippen molar-refractivity contribution in [3.8, 4) is 0 Å². The van der Waals surface area contributed by atoms with E-state index in [1.807, 2.05) is 6.07 Å². The van der Waals surface area contributed by atoms with Crippen LogP contribution in [-0.4, -0.2) is 16.0 Å². The zero-order chi connectivity index (χ0) is 10.7. The molecule has 1 unspecified atom stereocenters. The molecule has 4 N–H and O–H groups in total. The molecule has 0 aromatic carbocycles. The van der Waals surface area contributed by atoms with Crippen LogP contribution in [0.25, 0.3) is 0 Å². The van der Waals surface area contributed by atoms with Gasteiger partial charge in [0.05, 0.1) is 0 Å². The minimum atomic E-state index is 0.472. The molecule has 1 saturated carbocycles. The molecular weight excluding hydrogens is 190 g/mol. The third kappa shape index (κ3) is 2.36. The Morgan fingerprint density at radius 3 is 2.73 bits per heavy atom. The van der Waals surface area contributed by atoms with Crippen molar-refractivity contribution in [2.75, 3.05) is 10.7 Å². The molecule has 1 aliphatic carbocycles. The van der Waals surface area contributed by atoms with Gasteiger partial charge in [0.1, 0.15) is 18.0 Å². The lowest BCUT2D eigenvalue weighted by Crippen LogP contribution is -2.31. The standard InChI is InChI=1S/C10H17N5/c1-7(8-3-2-4-8)14-9-5-10(15-11)13-6-12-9/h5-8H,2-4,11H2,1H3,(H2,12,13,14,15). The molecule has 0 amide bonds. The largest absolute Gasteiger partial charge is 0.367 e. The van der Waals surface area contributed by atoms with Crippen LogP contribution in [-0.2, 0) is 0 Å². The number of nitrogens with one attached hydrogen (secondary N) is 2. The summed E-state index contributed by atoms with van der Waals surface area (Å²) in [5.74, 6) is 7.53. The Morgan fingerprint density at radius 2 is 2.13 bits per heavy atom. The van der Waals surface area contributed by atoms with Crippen molar-refractivity contribution in [1.82, 2.24) is 9.97 Å². The van der Waals surface area contributed by atoms with Gasteiger partial charge < -0.3 is 10.7 Å². The summed E-state index contributed by atoms with van der Waals surface area (Å²) >= 11 is 0. The zero-order valence-electron chi connectivity index (χ0n) is 8.90. The van der Waals surface area contributed by atoms with Crippen LogP contribution in [0.3, 0.4) is 0 Å². The first-order valence-corrected chi connectivity index (χ1v) is 5.35. The molecule has 2 rings (SSSR count). The zero-order valence-corrected chi connectivity index (χ0v) is 8.90. The van der Waals surface area contributed by atoms with Gasteiger partial charge in [-0.05, 0) is 25.7 Å². The Bertz CT molecular complexity index is 323. The first-order valence-electron chi connectivity index (χ1n) is 5.35. The first kappa shape index (κ1) is 10.2. The van der Waals surface area contributed by atoms with Gasteiger partial charge >= 0.3 is 0 Å². The van der Waals surface area contributed by atoms with Crippen molar-refractivity contribution in [2.45, 2.75) is 32.2 Å². The summed E-state index contributed by atoms with van der Waals surface area (Å²) in [6, 6.07) is 2.29. The van der Waals surface area contributed by atoms with Crippen molar-refractivity contribution in [1.29, 1.82) is 0 Å². The van der Waals surface area contributed by atoms with Crippen LogP contribution < -0.4 is 16.6 Å². The van der Waals surface area contributed by atoms with Crippen LogP contribution in [0.2, 0.25) is 0 Å². The van der Waals surface area contributed by atoms with E-state index in [-0.39, 0.29) is 0 Å². The normalized spacial score (nSPS) is 18.0. The summed E-state index contributed by atoms with van der Waals surface area (Å²) in [5.41, 5.74) is 2.51. The summed E-state index contributed by atoms with van der Waals surface area (Å²) in [6.45, 7) is 2.20. The van der Waals surface area contributed by atoms with E-state index < -0.39 is 0 Å². The van der Waals surface area contributed by atoms with Gasteiger partial charge in [-0.2, -0.15) is 0 Å². The molecule has 0 radical (unpaired) electrons. The number of nitrogens with two attached hydrogens (primary N) is 1. The second kappa shape index (κ2) is 4.44. The molecule has 1 atom stereocenters. The monoisotopic (exact) mass is 207 g/mol. The van der Waals surface area contributed by atoms with E-state index in [2.05, 4.69) is 27.6 Å². The third-order valence-electron chi connectivity index (χ3n) is 3.05. The minimum Gasteiger partial charge on any atom is -0.367 e. The van der Waals surface area contributed by atoms with Gasteiger partial charge in [-0.1, -0.05) is 6.42 Å². The van der Waals surface area contributed by atoms with Gasteiger partial charge in [0.15, 0.2) is 0 Å². The first-order chi connectivity index (χ1) is 7.29. The van der Waals surface area contributed by atoms with Gasteiger partial charge in [0, 0.05) is 12.1 Å². The smallest absolute Gasteiger partial charge is 0.145 e. The van der Waals surface area contributed by atoms with Crippen molar-refractivity contribution in [3.63, 3.8) is 0 Å². The fourth-order valence-corrected chi connectivity index (χ4v) is 1.81. The van der Waals surface area contributed by atoms with Crippen LogP contribution in [0, 0.1) is 5.92 Å². The molecule has 1 heterocycles. The third-order valence-corrected chi connectivity index (χ3v) is 3.05. The molecule has 1 aromatic rings. The van der Waals surface area contributed by atoms with Gasteiger partial charge in [0.2, 0.25) is 0 Å².